The fourth-order valence-electron chi connectivity index (χ4n) is 1.25. The van der Waals surface area contributed by atoms with Gasteiger partial charge < -0.3 is 5.32 Å². The first-order valence-electron chi connectivity index (χ1n) is 5.24. The lowest BCUT2D eigenvalue weighted by Crippen LogP contribution is -2.13. The van der Waals surface area contributed by atoms with E-state index in [1.54, 1.807) is 0 Å². The second-order valence-electron chi connectivity index (χ2n) is 3.58. The summed E-state index contributed by atoms with van der Waals surface area (Å²) in [6.45, 7) is 1.90. The van der Waals surface area contributed by atoms with Gasteiger partial charge in [0.25, 0.3) is 0 Å². The van der Waals surface area contributed by atoms with Crippen molar-refractivity contribution in [3.05, 3.63) is 40.4 Å². The molecule has 0 aliphatic heterocycles. The molecule has 1 aromatic carbocycles. The molecular weight excluding hydrogens is 288 g/mol. The standard InChI is InChI=1S/C12H11ClN2OS2/c1-8-6-18-12(14-8)15-11(16)7-17-10-4-2-9(13)3-5-10/h2-6H,7H2,1H3,(H,14,15,16). The average Bonchev–Trinajstić information content (AvgIpc) is 2.74. The van der Waals surface area contributed by atoms with Crippen molar-refractivity contribution in [2.75, 3.05) is 11.1 Å². The summed E-state index contributed by atoms with van der Waals surface area (Å²) in [6.07, 6.45) is 0. The van der Waals surface area contributed by atoms with E-state index in [0.29, 0.717) is 15.9 Å². The molecule has 2 aromatic rings. The van der Waals surface area contributed by atoms with Crippen LogP contribution in [-0.4, -0.2) is 16.6 Å². The van der Waals surface area contributed by atoms with Crippen molar-refractivity contribution in [2.24, 2.45) is 0 Å². The first-order valence-corrected chi connectivity index (χ1v) is 7.48. The summed E-state index contributed by atoms with van der Waals surface area (Å²) in [5.74, 6) is 0.310. The van der Waals surface area contributed by atoms with E-state index in [4.69, 9.17) is 11.6 Å². The van der Waals surface area contributed by atoms with Gasteiger partial charge in [0.05, 0.1) is 11.4 Å². The number of carbonyl (C=O) groups excluding carboxylic acids is 1. The molecule has 0 radical (unpaired) electrons. The van der Waals surface area contributed by atoms with Gasteiger partial charge in [-0.2, -0.15) is 0 Å². The zero-order chi connectivity index (χ0) is 13.0. The van der Waals surface area contributed by atoms with Crippen LogP contribution in [0.15, 0.2) is 34.5 Å². The van der Waals surface area contributed by atoms with Gasteiger partial charge in [0.1, 0.15) is 0 Å². The second kappa shape index (κ2) is 6.22. The number of nitrogens with one attached hydrogen (secondary N) is 1. The quantitative estimate of drug-likeness (QED) is 0.872. The van der Waals surface area contributed by atoms with Gasteiger partial charge in [0, 0.05) is 15.3 Å². The van der Waals surface area contributed by atoms with Gasteiger partial charge in [-0.05, 0) is 31.2 Å². The van der Waals surface area contributed by atoms with Gasteiger partial charge in [0.15, 0.2) is 5.13 Å². The van der Waals surface area contributed by atoms with Crippen LogP contribution in [0.2, 0.25) is 5.02 Å². The Labute approximate surface area is 119 Å². The normalized spacial score (nSPS) is 10.3. The first-order chi connectivity index (χ1) is 8.63. The molecule has 0 bridgehead atoms. The molecule has 2 rings (SSSR count). The summed E-state index contributed by atoms with van der Waals surface area (Å²) in [5, 5.41) is 6.01. The van der Waals surface area contributed by atoms with Crippen molar-refractivity contribution in [1.82, 2.24) is 4.98 Å². The minimum absolute atomic E-state index is 0.0516. The van der Waals surface area contributed by atoms with Crippen LogP contribution in [-0.2, 0) is 4.79 Å². The third-order valence-electron chi connectivity index (χ3n) is 2.05. The van der Waals surface area contributed by atoms with Crippen molar-refractivity contribution >= 4 is 45.7 Å². The molecule has 0 aliphatic rings. The highest BCUT2D eigenvalue weighted by atomic mass is 35.5. The molecular formula is C12H11ClN2OS2. The van der Waals surface area contributed by atoms with Crippen molar-refractivity contribution in [2.45, 2.75) is 11.8 Å². The number of rotatable bonds is 4. The lowest BCUT2D eigenvalue weighted by molar-refractivity contribution is -0.113. The summed E-state index contributed by atoms with van der Waals surface area (Å²) in [4.78, 5) is 16.9. The Bertz CT molecular complexity index is 539. The van der Waals surface area contributed by atoms with Crippen molar-refractivity contribution in [3.63, 3.8) is 0 Å². The molecule has 0 fully saturated rings. The van der Waals surface area contributed by atoms with Crippen LogP contribution in [0.4, 0.5) is 5.13 Å². The third kappa shape index (κ3) is 4.01. The van der Waals surface area contributed by atoms with Gasteiger partial charge in [-0.25, -0.2) is 4.98 Å². The van der Waals surface area contributed by atoms with Crippen LogP contribution in [0, 0.1) is 6.92 Å². The molecule has 1 aromatic heterocycles. The lowest BCUT2D eigenvalue weighted by Gasteiger charge is -2.02. The maximum Gasteiger partial charge on any atom is 0.236 e. The molecule has 0 unspecified atom stereocenters. The zero-order valence-electron chi connectivity index (χ0n) is 9.64. The molecule has 0 aliphatic carbocycles. The number of thiazole rings is 1. The second-order valence-corrected chi connectivity index (χ2v) is 5.93. The van der Waals surface area contributed by atoms with Crippen molar-refractivity contribution in [1.29, 1.82) is 0 Å². The molecule has 0 saturated carbocycles. The summed E-state index contributed by atoms with van der Waals surface area (Å²) < 4.78 is 0. The fourth-order valence-corrected chi connectivity index (χ4v) is 2.78. The van der Waals surface area contributed by atoms with Gasteiger partial charge in [-0.1, -0.05) is 11.6 Å². The summed E-state index contributed by atoms with van der Waals surface area (Å²) >= 11 is 8.69. The number of aryl methyl sites for hydroxylation is 1. The lowest BCUT2D eigenvalue weighted by atomic mass is 10.4. The first kappa shape index (κ1) is 13.4. The smallest absolute Gasteiger partial charge is 0.236 e. The van der Waals surface area contributed by atoms with E-state index in [1.165, 1.54) is 23.1 Å². The predicted molar refractivity (Wildman–Crippen MR) is 77.7 cm³/mol. The van der Waals surface area contributed by atoms with Crippen LogP contribution < -0.4 is 5.32 Å². The van der Waals surface area contributed by atoms with Crippen molar-refractivity contribution < 1.29 is 4.79 Å². The molecule has 0 saturated heterocycles. The van der Waals surface area contributed by atoms with E-state index >= 15 is 0 Å². The van der Waals surface area contributed by atoms with E-state index in [-0.39, 0.29) is 5.91 Å². The SMILES string of the molecule is Cc1csc(NC(=O)CSc2ccc(Cl)cc2)n1. The highest BCUT2D eigenvalue weighted by molar-refractivity contribution is 8.00. The molecule has 0 atom stereocenters. The predicted octanol–water partition coefficient (Wildman–Crippen LogP) is 3.84. The maximum absolute atomic E-state index is 11.7. The largest absolute Gasteiger partial charge is 0.301 e. The molecule has 1 amide bonds. The van der Waals surface area contributed by atoms with E-state index in [2.05, 4.69) is 10.3 Å². The highest BCUT2D eigenvalue weighted by Gasteiger charge is 2.06. The Hall–Kier alpha value is -1.04. The Balaban J connectivity index is 1.83. The number of thioether (sulfide) groups is 1. The minimum atomic E-state index is -0.0516. The number of anilines is 1. The van der Waals surface area contributed by atoms with Crippen LogP contribution in [0.1, 0.15) is 5.69 Å². The van der Waals surface area contributed by atoms with E-state index in [1.807, 2.05) is 36.6 Å². The molecule has 3 nitrogen and oxygen atoms in total. The molecule has 1 N–H and O–H groups in total. The van der Waals surface area contributed by atoms with Crippen LogP contribution in [0.3, 0.4) is 0 Å². The monoisotopic (exact) mass is 298 g/mol. The Morgan fingerprint density at radius 1 is 1.44 bits per heavy atom. The average molecular weight is 299 g/mol. The van der Waals surface area contributed by atoms with Crippen LogP contribution in [0.25, 0.3) is 0 Å². The Morgan fingerprint density at radius 3 is 2.78 bits per heavy atom. The summed E-state index contributed by atoms with van der Waals surface area (Å²) in [7, 11) is 0. The van der Waals surface area contributed by atoms with Crippen LogP contribution in [0.5, 0.6) is 0 Å². The number of amides is 1. The molecule has 1 heterocycles. The van der Waals surface area contributed by atoms with Crippen molar-refractivity contribution in [3.8, 4) is 0 Å². The summed E-state index contributed by atoms with van der Waals surface area (Å²) in [5.41, 5.74) is 0.917. The molecule has 18 heavy (non-hydrogen) atoms. The molecule has 94 valence electrons. The number of benzene rings is 1. The molecule has 0 spiro atoms. The number of hydrogen-bond donors (Lipinski definition) is 1. The number of halogens is 1. The molecule has 6 heteroatoms. The van der Waals surface area contributed by atoms with Gasteiger partial charge >= 0.3 is 0 Å². The summed E-state index contributed by atoms with van der Waals surface area (Å²) in [6, 6.07) is 7.42. The number of carbonyl (C=O) groups is 1. The maximum atomic E-state index is 11.7. The van der Waals surface area contributed by atoms with Crippen LogP contribution >= 0.6 is 34.7 Å². The van der Waals surface area contributed by atoms with E-state index in [0.717, 1.165) is 10.6 Å². The van der Waals surface area contributed by atoms with Gasteiger partial charge in [-0.15, -0.1) is 23.1 Å². The number of aromatic nitrogens is 1. The van der Waals surface area contributed by atoms with E-state index < -0.39 is 0 Å². The zero-order valence-corrected chi connectivity index (χ0v) is 12.0. The van der Waals surface area contributed by atoms with E-state index in [9.17, 15) is 4.79 Å². The highest BCUT2D eigenvalue weighted by Crippen LogP contribution is 2.21. The minimum Gasteiger partial charge on any atom is -0.301 e. The number of hydrogen-bond acceptors (Lipinski definition) is 4. The number of nitrogens with zero attached hydrogens (tertiary/aromatic N) is 1. The third-order valence-corrected chi connectivity index (χ3v) is 4.19. The fraction of sp³-hybridized carbons (Fsp3) is 0.167. The topological polar surface area (TPSA) is 42.0 Å². The van der Waals surface area contributed by atoms with Gasteiger partial charge in [0.2, 0.25) is 5.91 Å². The Morgan fingerprint density at radius 2 is 2.17 bits per heavy atom. The Kier molecular flexibility index (Phi) is 4.63. The van der Waals surface area contributed by atoms with Gasteiger partial charge in [-0.3, -0.25) is 4.79 Å².